The average molecular weight is 384 g/mol. The summed E-state index contributed by atoms with van der Waals surface area (Å²) in [6.07, 6.45) is -2.47. The third kappa shape index (κ3) is 4.60. The third-order valence-electron chi connectivity index (χ3n) is 4.60. The van der Waals surface area contributed by atoms with Gasteiger partial charge < -0.3 is 20.3 Å². The molecule has 0 aromatic heterocycles. The minimum atomic E-state index is -3.76. The summed E-state index contributed by atoms with van der Waals surface area (Å²) in [5.41, 5.74) is 0.939. The van der Waals surface area contributed by atoms with Crippen molar-refractivity contribution in [3.63, 3.8) is 0 Å². The highest BCUT2D eigenvalue weighted by atomic mass is 32.2. The first kappa shape index (κ1) is 19.2. The lowest BCUT2D eigenvalue weighted by atomic mass is 10.1. The summed E-state index contributed by atoms with van der Waals surface area (Å²) in [4.78, 5) is 12.0. The lowest BCUT2D eigenvalue weighted by Crippen LogP contribution is -2.40. The monoisotopic (exact) mass is 384 g/mol. The van der Waals surface area contributed by atoms with E-state index in [0.717, 1.165) is 18.4 Å². The topological polar surface area (TPSA) is 125 Å². The predicted molar refractivity (Wildman–Crippen MR) is 92.8 cm³/mol. The first-order valence-corrected chi connectivity index (χ1v) is 10.1. The second-order valence-corrected chi connectivity index (χ2v) is 8.67. The summed E-state index contributed by atoms with van der Waals surface area (Å²) in [5, 5.41) is 23.0. The summed E-state index contributed by atoms with van der Waals surface area (Å²) in [6, 6.07) is 6.55. The van der Waals surface area contributed by atoms with Crippen LogP contribution in [0.2, 0.25) is 0 Å². The van der Waals surface area contributed by atoms with Crippen LogP contribution in [0.5, 0.6) is 0 Å². The van der Waals surface area contributed by atoms with Crippen molar-refractivity contribution < 1.29 is 28.2 Å². The molecule has 144 valence electrons. The molecule has 0 spiro atoms. The first-order chi connectivity index (χ1) is 12.3. The Hall–Kier alpha value is -1.52. The van der Waals surface area contributed by atoms with Crippen LogP contribution >= 0.6 is 0 Å². The number of carbonyl (C=O) groups is 1. The van der Waals surface area contributed by atoms with Crippen molar-refractivity contribution in [2.24, 2.45) is 0 Å². The van der Waals surface area contributed by atoms with Gasteiger partial charge in [-0.15, -0.1) is 0 Å². The molecule has 2 fully saturated rings. The number of ether oxygens (including phenoxy) is 1. The third-order valence-corrected chi connectivity index (χ3v) is 6.04. The van der Waals surface area contributed by atoms with E-state index in [2.05, 4.69) is 10.0 Å². The van der Waals surface area contributed by atoms with E-state index in [-0.39, 0.29) is 29.8 Å². The van der Waals surface area contributed by atoms with Crippen LogP contribution in [0.3, 0.4) is 0 Å². The number of nitrogens with one attached hydrogen (secondary N) is 2. The van der Waals surface area contributed by atoms with Crippen molar-refractivity contribution >= 4 is 15.9 Å². The SMILES string of the molecule is Cc1ccc(S(=O)(=O)NC[C@@H]2O[C@@H](CC(=O)NC3CC3)[C@H](O)[C@@H]2O)cc1. The van der Waals surface area contributed by atoms with E-state index < -0.39 is 34.4 Å². The molecular formula is C17H24N2O6S. The zero-order valence-electron chi connectivity index (χ0n) is 14.5. The highest BCUT2D eigenvalue weighted by Crippen LogP contribution is 2.25. The maximum Gasteiger partial charge on any atom is 0.240 e. The first-order valence-electron chi connectivity index (χ1n) is 8.63. The van der Waals surface area contributed by atoms with Crippen LogP contribution in [-0.2, 0) is 19.6 Å². The molecule has 1 heterocycles. The fraction of sp³-hybridized carbons (Fsp3) is 0.588. The summed E-state index contributed by atoms with van der Waals surface area (Å²) in [6.45, 7) is 1.66. The lowest BCUT2D eigenvalue weighted by molar-refractivity contribution is -0.125. The molecule has 9 heteroatoms. The molecule has 1 amide bonds. The molecule has 0 unspecified atom stereocenters. The zero-order chi connectivity index (χ0) is 18.9. The van der Waals surface area contributed by atoms with Crippen molar-refractivity contribution in [3.05, 3.63) is 29.8 Å². The van der Waals surface area contributed by atoms with Crippen molar-refractivity contribution in [1.82, 2.24) is 10.0 Å². The Kier molecular flexibility index (Phi) is 5.64. The van der Waals surface area contributed by atoms with Gasteiger partial charge in [0.05, 0.1) is 17.4 Å². The second-order valence-electron chi connectivity index (χ2n) is 6.91. The van der Waals surface area contributed by atoms with Gasteiger partial charge in [-0.25, -0.2) is 13.1 Å². The number of carbonyl (C=O) groups excluding carboxylic acids is 1. The van der Waals surface area contributed by atoms with Crippen LogP contribution in [0, 0.1) is 6.92 Å². The smallest absolute Gasteiger partial charge is 0.240 e. The van der Waals surface area contributed by atoms with Crippen LogP contribution < -0.4 is 10.0 Å². The van der Waals surface area contributed by atoms with E-state index >= 15 is 0 Å². The van der Waals surface area contributed by atoms with E-state index in [1.165, 1.54) is 12.1 Å². The van der Waals surface area contributed by atoms with Crippen LogP contribution in [-0.4, -0.2) is 61.5 Å². The van der Waals surface area contributed by atoms with E-state index in [1.54, 1.807) is 12.1 Å². The van der Waals surface area contributed by atoms with Crippen LogP contribution in [0.25, 0.3) is 0 Å². The molecule has 1 aliphatic heterocycles. The Morgan fingerprint density at radius 3 is 2.38 bits per heavy atom. The van der Waals surface area contributed by atoms with Gasteiger partial charge in [0.15, 0.2) is 0 Å². The maximum atomic E-state index is 12.3. The number of aryl methyl sites for hydroxylation is 1. The van der Waals surface area contributed by atoms with Gasteiger partial charge in [0.2, 0.25) is 15.9 Å². The van der Waals surface area contributed by atoms with Crippen molar-refractivity contribution in [2.75, 3.05) is 6.54 Å². The quantitative estimate of drug-likeness (QED) is 0.499. The van der Waals surface area contributed by atoms with Crippen molar-refractivity contribution in [3.8, 4) is 0 Å². The Morgan fingerprint density at radius 1 is 1.15 bits per heavy atom. The Bertz CT molecular complexity index is 747. The second kappa shape index (κ2) is 7.61. The molecule has 8 nitrogen and oxygen atoms in total. The number of amides is 1. The van der Waals surface area contributed by atoms with E-state index in [4.69, 9.17) is 4.74 Å². The number of hydrogen-bond donors (Lipinski definition) is 4. The van der Waals surface area contributed by atoms with Gasteiger partial charge in [-0.1, -0.05) is 17.7 Å². The molecule has 1 aromatic rings. The molecule has 4 N–H and O–H groups in total. The van der Waals surface area contributed by atoms with Gasteiger partial charge in [0.25, 0.3) is 0 Å². The van der Waals surface area contributed by atoms with Gasteiger partial charge in [-0.2, -0.15) is 0 Å². The molecule has 1 aliphatic carbocycles. The zero-order valence-corrected chi connectivity index (χ0v) is 15.3. The van der Waals surface area contributed by atoms with Crippen LogP contribution in [0.4, 0.5) is 0 Å². The molecule has 4 atom stereocenters. The largest absolute Gasteiger partial charge is 0.388 e. The Labute approximate surface area is 152 Å². The molecule has 3 rings (SSSR count). The van der Waals surface area contributed by atoms with Gasteiger partial charge in [-0.3, -0.25) is 4.79 Å². The van der Waals surface area contributed by atoms with Crippen LogP contribution in [0.15, 0.2) is 29.2 Å². The fourth-order valence-corrected chi connectivity index (χ4v) is 3.90. The van der Waals surface area contributed by atoms with Crippen molar-refractivity contribution in [1.29, 1.82) is 0 Å². The molecule has 1 saturated heterocycles. The van der Waals surface area contributed by atoms with E-state index in [0.29, 0.717) is 0 Å². The number of aliphatic hydroxyl groups excluding tert-OH is 2. The molecular weight excluding hydrogens is 360 g/mol. The average Bonchev–Trinajstić information content (AvgIpc) is 3.36. The highest BCUT2D eigenvalue weighted by Gasteiger charge is 2.44. The number of sulfonamides is 1. The van der Waals surface area contributed by atoms with Gasteiger partial charge >= 0.3 is 0 Å². The number of aliphatic hydroxyl groups is 2. The number of hydrogen-bond acceptors (Lipinski definition) is 6. The summed E-state index contributed by atoms with van der Waals surface area (Å²) >= 11 is 0. The summed E-state index contributed by atoms with van der Waals surface area (Å²) < 4.78 is 32.5. The maximum absolute atomic E-state index is 12.3. The molecule has 2 aliphatic rings. The fourth-order valence-electron chi connectivity index (χ4n) is 2.85. The molecule has 0 bridgehead atoms. The number of benzene rings is 1. The minimum Gasteiger partial charge on any atom is -0.388 e. The Morgan fingerprint density at radius 2 is 1.77 bits per heavy atom. The Balaban J connectivity index is 1.55. The molecule has 1 aromatic carbocycles. The molecule has 26 heavy (non-hydrogen) atoms. The predicted octanol–water partition coefficient (Wildman–Crippen LogP) is -0.569. The standard InChI is InChI=1S/C17H24N2O6S/c1-10-2-6-12(7-3-10)26(23,24)18-9-14-17(22)16(21)13(25-14)8-15(20)19-11-4-5-11/h2-3,6-7,11,13-14,16-18,21-22H,4-5,8-9H2,1H3,(H,19,20)/t13-,14-,16-,17+/m0/s1. The normalized spacial score (nSPS) is 28.9. The van der Waals surface area contributed by atoms with Gasteiger partial charge in [0, 0.05) is 12.6 Å². The van der Waals surface area contributed by atoms with Gasteiger partial charge in [-0.05, 0) is 31.9 Å². The minimum absolute atomic E-state index is 0.0735. The van der Waals surface area contributed by atoms with E-state index in [9.17, 15) is 23.4 Å². The molecule has 1 saturated carbocycles. The number of rotatable bonds is 7. The highest BCUT2D eigenvalue weighted by molar-refractivity contribution is 7.89. The molecule has 0 radical (unpaired) electrons. The summed E-state index contributed by atoms with van der Waals surface area (Å²) in [5.74, 6) is -0.246. The van der Waals surface area contributed by atoms with E-state index in [1.807, 2.05) is 6.92 Å². The van der Waals surface area contributed by atoms with Crippen LogP contribution in [0.1, 0.15) is 24.8 Å². The van der Waals surface area contributed by atoms with Crippen molar-refractivity contribution in [2.45, 2.75) is 61.5 Å². The lowest BCUT2D eigenvalue weighted by Gasteiger charge is -2.15. The summed E-state index contributed by atoms with van der Waals surface area (Å²) in [7, 11) is -3.76. The van der Waals surface area contributed by atoms with Gasteiger partial charge in [0.1, 0.15) is 18.3 Å².